The normalized spacial score (nSPS) is 13.9. The minimum Gasteiger partial charge on any atom is -0.460 e. The number of halogens is 3. The molecule has 1 aromatic rings. The summed E-state index contributed by atoms with van der Waals surface area (Å²) in [6.45, 7) is 5.16. The Balaban J connectivity index is 1.93. The Bertz CT molecular complexity index is 603. The second kappa shape index (κ2) is 6.91. The van der Waals surface area contributed by atoms with E-state index in [-0.39, 0.29) is 30.7 Å². The Hall–Kier alpha value is -1.92. The number of fused-ring (bicyclic) bond motifs is 1. The first-order chi connectivity index (χ1) is 11.1. The van der Waals surface area contributed by atoms with E-state index in [2.05, 4.69) is 0 Å². The molecule has 0 aliphatic carbocycles. The zero-order valence-electron chi connectivity index (χ0n) is 14.0. The van der Waals surface area contributed by atoms with Gasteiger partial charge >= 0.3 is 12.1 Å². The van der Waals surface area contributed by atoms with Crippen LogP contribution >= 0.6 is 0 Å². The summed E-state index contributed by atoms with van der Waals surface area (Å²) in [6.07, 6.45) is -2.71. The molecule has 0 atom stereocenters. The average Bonchev–Trinajstić information content (AvgIpc) is 2.87. The van der Waals surface area contributed by atoms with E-state index < -0.39 is 17.3 Å². The van der Waals surface area contributed by atoms with E-state index in [1.807, 2.05) is 0 Å². The van der Waals surface area contributed by atoms with Crippen molar-refractivity contribution < 1.29 is 32.2 Å². The molecule has 2 rings (SSSR count). The van der Waals surface area contributed by atoms with Crippen molar-refractivity contribution in [3.05, 3.63) is 23.3 Å². The van der Waals surface area contributed by atoms with Gasteiger partial charge in [-0.2, -0.15) is 13.2 Å². The molecule has 4 nitrogen and oxygen atoms in total. The van der Waals surface area contributed by atoms with Crippen LogP contribution in [-0.2, 0) is 22.1 Å². The number of aryl methyl sites for hydroxylation is 1. The maximum Gasteiger partial charge on any atom is 0.420 e. The van der Waals surface area contributed by atoms with E-state index >= 15 is 0 Å². The highest BCUT2D eigenvalue weighted by Crippen LogP contribution is 2.45. The van der Waals surface area contributed by atoms with E-state index in [0.29, 0.717) is 24.8 Å². The molecule has 0 radical (unpaired) electrons. The van der Waals surface area contributed by atoms with Crippen LogP contribution in [0.4, 0.5) is 13.2 Å². The number of benzene rings is 1. The number of carbonyl (C=O) groups is 1. The minimum atomic E-state index is -4.50. The SMILES string of the molecule is CC(C)(C)OC(=O)CCCCc1cc2c(c(C(F)(F)F)c1)OCO2. The molecular weight excluding hydrogens is 325 g/mol. The topological polar surface area (TPSA) is 44.8 Å². The number of hydrogen-bond acceptors (Lipinski definition) is 4. The maximum atomic E-state index is 13.1. The Kier molecular flexibility index (Phi) is 5.30. The van der Waals surface area contributed by atoms with Gasteiger partial charge in [-0.3, -0.25) is 4.79 Å². The summed E-state index contributed by atoms with van der Waals surface area (Å²) in [5.74, 6) is -0.434. The first kappa shape index (κ1) is 18.4. The fourth-order valence-corrected chi connectivity index (χ4v) is 2.41. The van der Waals surface area contributed by atoms with Gasteiger partial charge in [0.25, 0.3) is 0 Å². The van der Waals surface area contributed by atoms with E-state index in [1.165, 1.54) is 0 Å². The van der Waals surface area contributed by atoms with Crippen LogP contribution in [0, 0.1) is 0 Å². The summed E-state index contributed by atoms with van der Waals surface area (Å²) >= 11 is 0. The molecule has 0 amide bonds. The second-order valence-electron chi connectivity index (χ2n) is 6.67. The smallest absolute Gasteiger partial charge is 0.420 e. The average molecular weight is 346 g/mol. The van der Waals surface area contributed by atoms with E-state index in [0.717, 1.165) is 6.07 Å². The van der Waals surface area contributed by atoms with Crippen LogP contribution in [0.25, 0.3) is 0 Å². The molecule has 0 aromatic heterocycles. The third-order valence-electron chi connectivity index (χ3n) is 3.35. The van der Waals surface area contributed by atoms with Gasteiger partial charge in [-0.15, -0.1) is 0 Å². The van der Waals surface area contributed by atoms with Crippen molar-refractivity contribution in [2.75, 3.05) is 6.79 Å². The van der Waals surface area contributed by atoms with Crippen LogP contribution in [-0.4, -0.2) is 18.4 Å². The molecule has 1 aliphatic heterocycles. The monoisotopic (exact) mass is 346 g/mol. The van der Waals surface area contributed by atoms with Crippen LogP contribution in [0.5, 0.6) is 11.5 Å². The van der Waals surface area contributed by atoms with Gasteiger partial charge in [0.1, 0.15) is 11.2 Å². The molecule has 0 saturated carbocycles. The van der Waals surface area contributed by atoms with Crippen molar-refractivity contribution in [2.45, 2.75) is 58.2 Å². The summed E-state index contributed by atoms with van der Waals surface area (Å²) in [5, 5.41) is 0. The molecule has 0 fully saturated rings. The Morgan fingerprint density at radius 1 is 1.17 bits per heavy atom. The van der Waals surface area contributed by atoms with Gasteiger partial charge in [-0.05, 0) is 57.7 Å². The first-order valence-electron chi connectivity index (χ1n) is 7.78. The van der Waals surface area contributed by atoms with Crippen LogP contribution in [0.2, 0.25) is 0 Å². The van der Waals surface area contributed by atoms with Gasteiger partial charge in [-0.1, -0.05) is 0 Å². The van der Waals surface area contributed by atoms with Gasteiger partial charge in [0, 0.05) is 6.42 Å². The summed E-state index contributed by atoms with van der Waals surface area (Å²) in [5.41, 5.74) is -0.842. The van der Waals surface area contributed by atoms with Gasteiger partial charge in [0.05, 0.1) is 0 Å². The predicted octanol–water partition coefficient (Wildman–Crippen LogP) is 4.49. The molecule has 0 bridgehead atoms. The number of rotatable bonds is 5. The third-order valence-corrected chi connectivity index (χ3v) is 3.35. The third kappa shape index (κ3) is 5.04. The molecular formula is C17H21F3O4. The number of esters is 1. The summed E-state index contributed by atoms with van der Waals surface area (Å²) in [6, 6.07) is 2.64. The summed E-state index contributed by atoms with van der Waals surface area (Å²) in [7, 11) is 0. The molecule has 24 heavy (non-hydrogen) atoms. The van der Waals surface area contributed by atoms with Crippen molar-refractivity contribution >= 4 is 5.97 Å². The lowest BCUT2D eigenvalue weighted by molar-refractivity contribution is -0.154. The fourth-order valence-electron chi connectivity index (χ4n) is 2.41. The first-order valence-corrected chi connectivity index (χ1v) is 7.78. The molecule has 134 valence electrons. The standard InChI is InChI=1S/C17H21F3O4/c1-16(2,3)24-14(21)7-5-4-6-11-8-12(17(18,19)20)15-13(9-11)22-10-23-15/h8-9H,4-7,10H2,1-3H3. The molecule has 0 saturated heterocycles. The van der Waals surface area contributed by atoms with Crippen LogP contribution < -0.4 is 9.47 Å². The van der Waals surface area contributed by atoms with E-state index in [9.17, 15) is 18.0 Å². The maximum absolute atomic E-state index is 13.1. The van der Waals surface area contributed by atoms with Gasteiger partial charge in [0.2, 0.25) is 6.79 Å². The molecule has 0 unspecified atom stereocenters. The van der Waals surface area contributed by atoms with Crippen LogP contribution in [0.15, 0.2) is 12.1 Å². The highest BCUT2D eigenvalue weighted by molar-refractivity contribution is 5.69. The Morgan fingerprint density at radius 3 is 2.50 bits per heavy atom. The molecule has 0 N–H and O–H groups in total. The van der Waals surface area contributed by atoms with E-state index in [1.54, 1.807) is 26.8 Å². The lowest BCUT2D eigenvalue weighted by Gasteiger charge is -2.19. The van der Waals surface area contributed by atoms with Crippen molar-refractivity contribution in [2.24, 2.45) is 0 Å². The highest BCUT2D eigenvalue weighted by Gasteiger charge is 2.38. The lowest BCUT2D eigenvalue weighted by Crippen LogP contribution is -2.23. The van der Waals surface area contributed by atoms with Crippen LogP contribution in [0.1, 0.15) is 51.2 Å². The quantitative estimate of drug-likeness (QED) is 0.582. The van der Waals surface area contributed by atoms with Gasteiger partial charge in [-0.25, -0.2) is 0 Å². The van der Waals surface area contributed by atoms with Crippen molar-refractivity contribution in [3.8, 4) is 11.5 Å². The lowest BCUT2D eigenvalue weighted by atomic mass is 10.0. The van der Waals surface area contributed by atoms with Crippen molar-refractivity contribution in [3.63, 3.8) is 0 Å². The Labute approximate surface area is 138 Å². The van der Waals surface area contributed by atoms with Crippen LogP contribution in [0.3, 0.4) is 0 Å². The molecule has 0 spiro atoms. The highest BCUT2D eigenvalue weighted by atomic mass is 19.4. The molecule has 1 heterocycles. The number of alkyl halides is 3. The molecule has 1 aromatic carbocycles. The largest absolute Gasteiger partial charge is 0.460 e. The molecule has 7 heteroatoms. The second-order valence-corrected chi connectivity index (χ2v) is 6.67. The minimum absolute atomic E-state index is 0.118. The predicted molar refractivity (Wildman–Crippen MR) is 81.0 cm³/mol. The number of carbonyl (C=O) groups excluding carboxylic acids is 1. The summed E-state index contributed by atoms with van der Waals surface area (Å²) < 4.78 is 54.4. The van der Waals surface area contributed by atoms with Crippen molar-refractivity contribution in [1.29, 1.82) is 0 Å². The summed E-state index contributed by atoms with van der Waals surface area (Å²) in [4.78, 5) is 11.6. The Morgan fingerprint density at radius 2 is 1.88 bits per heavy atom. The number of ether oxygens (including phenoxy) is 3. The van der Waals surface area contributed by atoms with E-state index in [4.69, 9.17) is 14.2 Å². The van der Waals surface area contributed by atoms with Crippen molar-refractivity contribution in [1.82, 2.24) is 0 Å². The number of unbranched alkanes of at least 4 members (excludes halogenated alkanes) is 1. The fraction of sp³-hybridized carbons (Fsp3) is 0.588. The zero-order valence-corrected chi connectivity index (χ0v) is 14.0. The molecule has 1 aliphatic rings. The van der Waals surface area contributed by atoms with Gasteiger partial charge in [0.15, 0.2) is 11.5 Å². The van der Waals surface area contributed by atoms with Gasteiger partial charge < -0.3 is 14.2 Å². The number of hydrogen-bond donors (Lipinski definition) is 0. The zero-order chi connectivity index (χ0) is 18.0.